The first-order chi connectivity index (χ1) is 9.36. The van der Waals surface area contributed by atoms with Gasteiger partial charge in [0.05, 0.1) is 6.10 Å². The molecule has 1 saturated carbocycles. The lowest BCUT2D eigenvalue weighted by Gasteiger charge is -2.52. The Morgan fingerprint density at radius 2 is 2.10 bits per heavy atom. The second-order valence-electron chi connectivity index (χ2n) is 6.11. The Labute approximate surface area is 119 Å². The van der Waals surface area contributed by atoms with Gasteiger partial charge in [0.2, 0.25) is 0 Å². The van der Waals surface area contributed by atoms with E-state index >= 15 is 0 Å². The summed E-state index contributed by atoms with van der Waals surface area (Å²) in [6.07, 6.45) is 1.14. The Bertz CT molecular complexity index is 476. The van der Waals surface area contributed by atoms with E-state index < -0.39 is 5.82 Å². The summed E-state index contributed by atoms with van der Waals surface area (Å²) >= 11 is 0. The second kappa shape index (κ2) is 5.78. The van der Waals surface area contributed by atoms with E-state index in [1.165, 1.54) is 12.1 Å². The van der Waals surface area contributed by atoms with Crippen molar-refractivity contribution in [3.05, 3.63) is 35.4 Å². The molecule has 0 heterocycles. The van der Waals surface area contributed by atoms with Crippen LogP contribution in [0.4, 0.5) is 8.78 Å². The molecule has 1 aromatic carbocycles. The molecule has 0 radical (unpaired) electrons. The van der Waals surface area contributed by atoms with Gasteiger partial charge in [0.25, 0.3) is 0 Å². The maximum Gasteiger partial charge on any atom is 0.128 e. The molecule has 1 N–H and O–H groups in total. The normalized spacial score (nSPS) is 26.1. The van der Waals surface area contributed by atoms with Gasteiger partial charge in [0, 0.05) is 29.7 Å². The van der Waals surface area contributed by atoms with E-state index in [0.717, 1.165) is 12.5 Å². The zero-order valence-corrected chi connectivity index (χ0v) is 12.5. The van der Waals surface area contributed by atoms with Crippen molar-refractivity contribution in [1.29, 1.82) is 0 Å². The highest BCUT2D eigenvalue weighted by Gasteiger charge is 2.49. The van der Waals surface area contributed by atoms with Crippen LogP contribution in [0.3, 0.4) is 0 Å². The molecule has 1 aliphatic rings. The molecule has 0 saturated heterocycles. The summed E-state index contributed by atoms with van der Waals surface area (Å²) in [6.45, 7) is 8.84. The predicted molar refractivity (Wildman–Crippen MR) is 75.5 cm³/mol. The Morgan fingerprint density at radius 1 is 1.40 bits per heavy atom. The van der Waals surface area contributed by atoms with Crippen molar-refractivity contribution in [3.8, 4) is 0 Å². The molecular formula is C16H23F2NO. The molecular weight excluding hydrogens is 260 g/mol. The third-order valence-electron chi connectivity index (χ3n) is 4.42. The molecule has 20 heavy (non-hydrogen) atoms. The summed E-state index contributed by atoms with van der Waals surface area (Å²) in [7, 11) is 0. The van der Waals surface area contributed by atoms with Gasteiger partial charge in [0.15, 0.2) is 0 Å². The molecule has 4 heteroatoms. The number of rotatable bonds is 5. The minimum atomic E-state index is -0.407. The van der Waals surface area contributed by atoms with Crippen LogP contribution in [0.2, 0.25) is 0 Å². The summed E-state index contributed by atoms with van der Waals surface area (Å²) in [4.78, 5) is 0. The maximum atomic E-state index is 13.8. The van der Waals surface area contributed by atoms with Gasteiger partial charge in [0.1, 0.15) is 11.6 Å². The number of benzene rings is 1. The smallest absolute Gasteiger partial charge is 0.128 e. The van der Waals surface area contributed by atoms with Gasteiger partial charge >= 0.3 is 0 Å². The quantitative estimate of drug-likeness (QED) is 0.887. The molecule has 3 atom stereocenters. The molecule has 1 fully saturated rings. The van der Waals surface area contributed by atoms with Gasteiger partial charge in [-0.15, -0.1) is 0 Å². The summed E-state index contributed by atoms with van der Waals surface area (Å²) in [5.41, 5.74) is 0.384. The lowest BCUT2D eigenvalue weighted by atomic mass is 9.64. The van der Waals surface area contributed by atoms with E-state index in [4.69, 9.17) is 4.74 Å². The molecule has 3 unspecified atom stereocenters. The third kappa shape index (κ3) is 2.86. The van der Waals surface area contributed by atoms with Crippen molar-refractivity contribution in [2.75, 3.05) is 6.61 Å². The van der Waals surface area contributed by atoms with E-state index in [9.17, 15) is 8.78 Å². The van der Waals surface area contributed by atoms with Crippen LogP contribution in [0.15, 0.2) is 18.2 Å². The number of hydrogen-bond acceptors (Lipinski definition) is 2. The van der Waals surface area contributed by atoms with Gasteiger partial charge in [-0.2, -0.15) is 0 Å². The summed E-state index contributed by atoms with van der Waals surface area (Å²) in [6, 6.07) is 3.61. The van der Waals surface area contributed by atoms with Gasteiger partial charge in [-0.25, -0.2) is 8.78 Å². The van der Waals surface area contributed by atoms with Crippen LogP contribution >= 0.6 is 0 Å². The largest absolute Gasteiger partial charge is 0.378 e. The summed E-state index contributed by atoms with van der Waals surface area (Å²) < 4.78 is 32.7. The fourth-order valence-corrected chi connectivity index (χ4v) is 2.89. The zero-order valence-electron chi connectivity index (χ0n) is 12.5. The van der Waals surface area contributed by atoms with Crippen LogP contribution in [-0.4, -0.2) is 18.8 Å². The molecule has 2 rings (SSSR count). The van der Waals surface area contributed by atoms with Crippen molar-refractivity contribution >= 4 is 0 Å². The van der Waals surface area contributed by atoms with Crippen LogP contribution in [0.5, 0.6) is 0 Å². The molecule has 0 bridgehead atoms. The molecule has 1 aliphatic carbocycles. The Balaban J connectivity index is 2.02. The van der Waals surface area contributed by atoms with Gasteiger partial charge in [-0.05, 0) is 38.5 Å². The number of hydrogen-bond donors (Lipinski definition) is 1. The highest BCUT2D eigenvalue weighted by atomic mass is 19.1. The number of nitrogens with one attached hydrogen (secondary N) is 1. The lowest BCUT2D eigenvalue weighted by Crippen LogP contribution is -2.61. The maximum absolute atomic E-state index is 13.8. The second-order valence-corrected chi connectivity index (χ2v) is 6.11. The molecule has 0 aliphatic heterocycles. The van der Waals surface area contributed by atoms with E-state index in [1.807, 2.05) is 13.8 Å². The first kappa shape index (κ1) is 15.4. The molecule has 1 aromatic rings. The lowest BCUT2D eigenvalue weighted by molar-refractivity contribution is -0.116. The monoisotopic (exact) mass is 283 g/mol. The van der Waals surface area contributed by atoms with Crippen molar-refractivity contribution in [2.45, 2.75) is 52.3 Å². The first-order valence-corrected chi connectivity index (χ1v) is 7.18. The first-order valence-electron chi connectivity index (χ1n) is 7.18. The minimum Gasteiger partial charge on any atom is -0.378 e. The summed E-state index contributed by atoms with van der Waals surface area (Å²) in [5, 5.41) is 3.39. The van der Waals surface area contributed by atoms with Crippen LogP contribution < -0.4 is 5.32 Å². The highest BCUT2D eigenvalue weighted by molar-refractivity contribution is 5.22. The van der Waals surface area contributed by atoms with Crippen molar-refractivity contribution < 1.29 is 13.5 Å². The standard InChI is InChI=1S/C16H23F2NO/c1-5-20-15-9-14(16(15,3)4)19-10(2)12-8-11(17)6-7-13(12)18/h6-8,10,14-15,19H,5,9H2,1-4H3. The van der Waals surface area contributed by atoms with Crippen molar-refractivity contribution in [3.63, 3.8) is 0 Å². The van der Waals surface area contributed by atoms with E-state index in [0.29, 0.717) is 12.2 Å². The van der Waals surface area contributed by atoms with Gasteiger partial charge in [-0.3, -0.25) is 0 Å². The average Bonchev–Trinajstić information content (AvgIpc) is 2.40. The van der Waals surface area contributed by atoms with Crippen molar-refractivity contribution in [2.24, 2.45) is 5.41 Å². The number of halogens is 2. The topological polar surface area (TPSA) is 21.3 Å². The van der Waals surface area contributed by atoms with Crippen LogP contribution in [0.1, 0.15) is 45.7 Å². The molecule has 0 aromatic heterocycles. The van der Waals surface area contributed by atoms with E-state index in [1.54, 1.807) is 0 Å². The summed E-state index contributed by atoms with van der Waals surface area (Å²) in [5.74, 6) is -0.778. The Morgan fingerprint density at radius 3 is 2.70 bits per heavy atom. The molecule has 112 valence electrons. The minimum absolute atomic E-state index is 0.00801. The fraction of sp³-hybridized carbons (Fsp3) is 0.625. The van der Waals surface area contributed by atoms with Crippen LogP contribution in [0.25, 0.3) is 0 Å². The Hall–Kier alpha value is -1.00. The fourth-order valence-electron chi connectivity index (χ4n) is 2.89. The van der Waals surface area contributed by atoms with Gasteiger partial charge in [-0.1, -0.05) is 13.8 Å². The molecule has 0 spiro atoms. The van der Waals surface area contributed by atoms with Gasteiger partial charge < -0.3 is 10.1 Å². The molecule has 0 amide bonds. The van der Waals surface area contributed by atoms with Crippen LogP contribution in [0, 0.1) is 17.0 Å². The predicted octanol–water partition coefficient (Wildman–Crippen LogP) is 3.82. The van der Waals surface area contributed by atoms with E-state index in [2.05, 4.69) is 19.2 Å². The number of ether oxygens (including phenoxy) is 1. The molecule has 2 nitrogen and oxygen atoms in total. The highest BCUT2D eigenvalue weighted by Crippen LogP contribution is 2.43. The van der Waals surface area contributed by atoms with Crippen molar-refractivity contribution in [1.82, 2.24) is 5.32 Å². The van der Waals surface area contributed by atoms with Crippen LogP contribution in [-0.2, 0) is 4.74 Å². The average molecular weight is 283 g/mol. The van der Waals surface area contributed by atoms with E-state index in [-0.39, 0.29) is 29.4 Å². The Kier molecular flexibility index (Phi) is 4.45. The third-order valence-corrected chi connectivity index (χ3v) is 4.42. The SMILES string of the molecule is CCOC1CC(NC(C)c2cc(F)ccc2F)C1(C)C. The zero-order chi connectivity index (χ0) is 14.9.